The molecule has 4 heteroatoms. The molecule has 1 heterocycles. The fourth-order valence-electron chi connectivity index (χ4n) is 2.06. The number of aliphatic hydroxyl groups is 1. The molecule has 0 fully saturated rings. The van der Waals surface area contributed by atoms with Crippen LogP contribution in [0.15, 0.2) is 18.2 Å². The number of hydrogen-bond donors (Lipinski definition) is 2. The van der Waals surface area contributed by atoms with Crippen LogP contribution in [0.4, 0.5) is 0 Å². The lowest BCUT2D eigenvalue weighted by Crippen LogP contribution is -2.43. The number of nitrogens with zero attached hydrogens (tertiary/aromatic N) is 1. The molecule has 17 heavy (non-hydrogen) atoms. The Morgan fingerprint density at radius 1 is 1.35 bits per heavy atom. The van der Waals surface area contributed by atoms with E-state index in [0.29, 0.717) is 12.1 Å². The minimum atomic E-state index is -0.896. The highest BCUT2D eigenvalue weighted by atomic mass is 16.4. The van der Waals surface area contributed by atoms with Gasteiger partial charge in [-0.1, -0.05) is 6.07 Å². The summed E-state index contributed by atoms with van der Waals surface area (Å²) in [6.45, 7) is 5.52. The van der Waals surface area contributed by atoms with Crippen molar-refractivity contribution < 1.29 is 15.0 Å². The molecule has 1 aromatic rings. The van der Waals surface area contributed by atoms with Crippen LogP contribution < -0.4 is 0 Å². The number of fused-ring (bicyclic) bond motifs is 1. The van der Waals surface area contributed by atoms with Crippen LogP contribution in [0, 0.1) is 0 Å². The van der Waals surface area contributed by atoms with E-state index in [4.69, 9.17) is 5.11 Å². The Morgan fingerprint density at radius 2 is 2.00 bits per heavy atom. The monoisotopic (exact) mass is 235 g/mol. The Balaban J connectivity index is 2.25. The second-order valence-electron chi connectivity index (χ2n) is 5.12. The Labute approximate surface area is 100 Å². The summed E-state index contributed by atoms with van der Waals surface area (Å²) in [4.78, 5) is 13.0. The fourth-order valence-corrected chi connectivity index (χ4v) is 2.06. The van der Waals surface area contributed by atoms with Crippen molar-refractivity contribution in [3.63, 3.8) is 0 Å². The molecule has 0 bridgehead atoms. The molecule has 0 saturated heterocycles. The number of hydrogen-bond acceptors (Lipinski definition) is 3. The Morgan fingerprint density at radius 3 is 2.59 bits per heavy atom. The van der Waals surface area contributed by atoms with Crippen molar-refractivity contribution in [2.45, 2.75) is 32.5 Å². The molecule has 0 atom stereocenters. The molecule has 0 amide bonds. The van der Waals surface area contributed by atoms with Crippen LogP contribution in [0.3, 0.4) is 0 Å². The molecule has 0 aromatic heterocycles. The summed E-state index contributed by atoms with van der Waals surface area (Å²) in [5.41, 5.74) is 2.25. The topological polar surface area (TPSA) is 60.8 Å². The molecule has 92 valence electrons. The standard InChI is InChI=1S/C13H17NO3/c1-13(2,8-15)14-6-10-4-3-9(12(16)17)5-11(10)7-14/h3-5,15H,6-8H2,1-2H3,(H,16,17). The minimum absolute atomic E-state index is 0.0901. The highest BCUT2D eigenvalue weighted by Crippen LogP contribution is 2.29. The summed E-state index contributed by atoms with van der Waals surface area (Å²) in [5, 5.41) is 18.3. The first-order chi connectivity index (χ1) is 7.94. The van der Waals surface area contributed by atoms with E-state index in [9.17, 15) is 9.90 Å². The van der Waals surface area contributed by atoms with Gasteiger partial charge in [-0.25, -0.2) is 4.79 Å². The molecule has 2 rings (SSSR count). The van der Waals surface area contributed by atoms with E-state index in [1.807, 2.05) is 19.9 Å². The van der Waals surface area contributed by atoms with E-state index in [2.05, 4.69) is 4.90 Å². The Kier molecular flexibility index (Phi) is 2.93. The van der Waals surface area contributed by atoms with Crippen LogP contribution in [-0.2, 0) is 13.1 Å². The Bertz CT molecular complexity index is 454. The average molecular weight is 235 g/mol. The molecule has 0 radical (unpaired) electrons. The van der Waals surface area contributed by atoms with E-state index in [1.165, 1.54) is 0 Å². The van der Waals surface area contributed by atoms with Crippen LogP contribution in [0.5, 0.6) is 0 Å². The molecule has 1 aliphatic rings. The van der Waals surface area contributed by atoms with Gasteiger partial charge in [-0.2, -0.15) is 0 Å². The Hall–Kier alpha value is -1.39. The van der Waals surface area contributed by atoms with Gasteiger partial charge in [0.25, 0.3) is 0 Å². The van der Waals surface area contributed by atoms with Crippen molar-refractivity contribution in [1.82, 2.24) is 4.90 Å². The zero-order valence-electron chi connectivity index (χ0n) is 10.1. The zero-order valence-corrected chi connectivity index (χ0v) is 10.1. The number of aliphatic hydroxyl groups excluding tert-OH is 1. The SMILES string of the molecule is CC(C)(CO)N1Cc2ccc(C(=O)O)cc2C1. The average Bonchev–Trinajstić information content (AvgIpc) is 2.72. The molecule has 0 unspecified atom stereocenters. The van der Waals surface area contributed by atoms with Crippen LogP contribution in [0.25, 0.3) is 0 Å². The molecular formula is C13H17NO3. The van der Waals surface area contributed by atoms with Gasteiger partial charge < -0.3 is 10.2 Å². The maximum atomic E-state index is 10.9. The summed E-state index contributed by atoms with van der Waals surface area (Å²) in [6, 6.07) is 5.23. The van der Waals surface area contributed by atoms with Gasteiger partial charge in [0.15, 0.2) is 0 Å². The number of benzene rings is 1. The van der Waals surface area contributed by atoms with Crippen LogP contribution in [-0.4, -0.2) is 33.2 Å². The summed E-state index contributed by atoms with van der Waals surface area (Å²) in [5.74, 6) is -0.896. The fraction of sp³-hybridized carbons (Fsp3) is 0.462. The summed E-state index contributed by atoms with van der Waals surface area (Å²) >= 11 is 0. The number of carboxylic acids is 1. The van der Waals surface area contributed by atoms with Crippen molar-refractivity contribution in [2.24, 2.45) is 0 Å². The van der Waals surface area contributed by atoms with E-state index >= 15 is 0 Å². The van der Waals surface area contributed by atoms with Gasteiger partial charge in [0.2, 0.25) is 0 Å². The zero-order chi connectivity index (χ0) is 12.6. The van der Waals surface area contributed by atoms with Gasteiger partial charge >= 0.3 is 5.97 Å². The van der Waals surface area contributed by atoms with E-state index in [0.717, 1.165) is 17.7 Å². The number of carboxylic acid groups (broad SMARTS) is 1. The quantitative estimate of drug-likeness (QED) is 0.833. The van der Waals surface area contributed by atoms with E-state index in [1.54, 1.807) is 12.1 Å². The van der Waals surface area contributed by atoms with Crippen molar-refractivity contribution in [3.05, 3.63) is 34.9 Å². The van der Waals surface area contributed by atoms with Gasteiger partial charge in [-0.3, -0.25) is 4.90 Å². The molecule has 0 saturated carbocycles. The molecule has 2 N–H and O–H groups in total. The van der Waals surface area contributed by atoms with Crippen molar-refractivity contribution >= 4 is 5.97 Å². The third-order valence-electron chi connectivity index (χ3n) is 3.42. The highest BCUT2D eigenvalue weighted by molar-refractivity contribution is 5.87. The molecule has 0 spiro atoms. The van der Waals surface area contributed by atoms with Crippen LogP contribution >= 0.6 is 0 Å². The third kappa shape index (κ3) is 2.18. The van der Waals surface area contributed by atoms with Gasteiger partial charge in [0.05, 0.1) is 12.2 Å². The molecule has 0 aliphatic carbocycles. The van der Waals surface area contributed by atoms with Crippen LogP contribution in [0.1, 0.15) is 35.3 Å². The molecule has 4 nitrogen and oxygen atoms in total. The first kappa shape index (κ1) is 12.1. The van der Waals surface area contributed by atoms with Crippen molar-refractivity contribution in [3.8, 4) is 0 Å². The number of rotatable bonds is 3. The summed E-state index contributed by atoms with van der Waals surface area (Å²) in [7, 11) is 0. The predicted octanol–water partition coefficient (Wildman–Crippen LogP) is 1.47. The second-order valence-corrected chi connectivity index (χ2v) is 5.12. The molecular weight excluding hydrogens is 218 g/mol. The summed E-state index contributed by atoms with van der Waals surface area (Å²) in [6.07, 6.45) is 0. The van der Waals surface area contributed by atoms with Crippen molar-refractivity contribution in [1.29, 1.82) is 0 Å². The smallest absolute Gasteiger partial charge is 0.335 e. The highest BCUT2D eigenvalue weighted by Gasteiger charge is 2.31. The second kappa shape index (κ2) is 4.13. The first-order valence-corrected chi connectivity index (χ1v) is 5.65. The van der Waals surface area contributed by atoms with E-state index in [-0.39, 0.29) is 12.1 Å². The summed E-state index contributed by atoms with van der Waals surface area (Å²) < 4.78 is 0. The van der Waals surface area contributed by atoms with Gasteiger partial charge in [0, 0.05) is 18.6 Å². The predicted molar refractivity (Wildman–Crippen MR) is 63.8 cm³/mol. The van der Waals surface area contributed by atoms with E-state index < -0.39 is 5.97 Å². The lowest BCUT2D eigenvalue weighted by Gasteiger charge is -2.33. The maximum absolute atomic E-state index is 10.9. The van der Waals surface area contributed by atoms with Crippen molar-refractivity contribution in [2.75, 3.05) is 6.61 Å². The largest absolute Gasteiger partial charge is 0.478 e. The normalized spacial score (nSPS) is 15.9. The first-order valence-electron chi connectivity index (χ1n) is 5.65. The lowest BCUT2D eigenvalue weighted by atomic mass is 10.1. The molecule has 1 aliphatic heterocycles. The number of carbonyl (C=O) groups is 1. The van der Waals surface area contributed by atoms with Gasteiger partial charge in [-0.15, -0.1) is 0 Å². The number of aromatic carboxylic acids is 1. The minimum Gasteiger partial charge on any atom is -0.478 e. The maximum Gasteiger partial charge on any atom is 0.335 e. The lowest BCUT2D eigenvalue weighted by molar-refractivity contribution is 0.0545. The molecule has 1 aromatic carbocycles. The van der Waals surface area contributed by atoms with Crippen LogP contribution in [0.2, 0.25) is 0 Å². The van der Waals surface area contributed by atoms with Gasteiger partial charge in [-0.05, 0) is 37.1 Å². The third-order valence-corrected chi connectivity index (χ3v) is 3.42. The van der Waals surface area contributed by atoms with Gasteiger partial charge in [0.1, 0.15) is 0 Å².